The van der Waals surface area contributed by atoms with Gasteiger partial charge in [-0.15, -0.1) is 0 Å². The summed E-state index contributed by atoms with van der Waals surface area (Å²) >= 11 is 0. The fourth-order valence-electron chi connectivity index (χ4n) is 1.23. The number of carbonyl (C=O) groups is 1. The summed E-state index contributed by atoms with van der Waals surface area (Å²) in [6, 6.07) is 13.1. The fraction of sp³-hybridized carbons (Fsp3) is 0.0714. The second-order valence-corrected chi connectivity index (χ2v) is 3.46. The van der Waals surface area contributed by atoms with Crippen LogP contribution in [0.5, 0.6) is 11.5 Å². The molecule has 94 valence electrons. The molecule has 0 aliphatic heterocycles. The third-order valence-corrected chi connectivity index (χ3v) is 2.23. The number of aliphatic hydroxyl groups is 1. The topological polar surface area (TPSA) is 77.8 Å². The lowest BCUT2D eigenvalue weighted by Crippen LogP contribution is -1.80. The van der Waals surface area contributed by atoms with E-state index >= 15 is 0 Å². The maximum absolute atomic E-state index is 10.1. The lowest BCUT2D eigenvalue weighted by molar-refractivity contribution is 0.112. The standard InChI is InChI=1S/C7H8O2.C7H6O2/c2*8-5-6-3-1-2-4-7(6)9/h1-4,8-9H,5H2;1-5,9H. The number of para-hydroxylation sites is 2. The number of aliphatic hydroxyl groups excluding tert-OH is 1. The zero-order valence-corrected chi connectivity index (χ0v) is 9.65. The molecule has 4 nitrogen and oxygen atoms in total. The zero-order valence-electron chi connectivity index (χ0n) is 9.65. The molecule has 0 atom stereocenters. The van der Waals surface area contributed by atoms with Crippen molar-refractivity contribution in [2.24, 2.45) is 0 Å². The number of hydrogen-bond acceptors (Lipinski definition) is 4. The molecule has 4 heteroatoms. The lowest BCUT2D eigenvalue weighted by Gasteiger charge is -1.96. The normalized spacial score (nSPS) is 9.17. The molecular formula is C14H14O4. The van der Waals surface area contributed by atoms with E-state index in [2.05, 4.69) is 0 Å². The third kappa shape index (κ3) is 3.92. The summed E-state index contributed by atoms with van der Waals surface area (Å²) in [6.07, 6.45) is 0.620. The van der Waals surface area contributed by atoms with E-state index in [9.17, 15) is 4.79 Å². The summed E-state index contributed by atoms with van der Waals surface area (Å²) in [5, 5.41) is 26.4. The maximum atomic E-state index is 10.1. The van der Waals surface area contributed by atoms with Crippen molar-refractivity contribution in [2.75, 3.05) is 0 Å². The van der Waals surface area contributed by atoms with E-state index < -0.39 is 0 Å². The molecule has 18 heavy (non-hydrogen) atoms. The van der Waals surface area contributed by atoms with Crippen molar-refractivity contribution < 1.29 is 20.1 Å². The molecule has 3 N–H and O–H groups in total. The number of aromatic hydroxyl groups is 2. The maximum Gasteiger partial charge on any atom is 0.153 e. The molecule has 0 bridgehead atoms. The van der Waals surface area contributed by atoms with Gasteiger partial charge in [0.05, 0.1) is 12.2 Å². The van der Waals surface area contributed by atoms with Crippen LogP contribution in [0.1, 0.15) is 15.9 Å². The summed E-state index contributed by atoms with van der Waals surface area (Å²) in [6.45, 7) is -0.104. The van der Waals surface area contributed by atoms with E-state index in [4.69, 9.17) is 15.3 Å². The van der Waals surface area contributed by atoms with Gasteiger partial charge in [-0.05, 0) is 18.2 Å². The van der Waals surface area contributed by atoms with Crippen molar-refractivity contribution >= 4 is 6.29 Å². The number of hydrogen-bond donors (Lipinski definition) is 3. The molecule has 2 aromatic carbocycles. The fourth-order valence-corrected chi connectivity index (χ4v) is 1.23. The molecule has 0 heterocycles. The van der Waals surface area contributed by atoms with Crippen LogP contribution in [-0.4, -0.2) is 21.6 Å². The Bertz CT molecular complexity index is 509. The van der Waals surface area contributed by atoms with Gasteiger partial charge in [-0.3, -0.25) is 4.79 Å². The second-order valence-electron chi connectivity index (χ2n) is 3.46. The summed E-state index contributed by atoms with van der Waals surface area (Å²) in [7, 11) is 0. The average Bonchev–Trinajstić information content (AvgIpc) is 2.41. The average molecular weight is 246 g/mol. The SMILES string of the molecule is O=Cc1ccccc1O.OCc1ccccc1O. The van der Waals surface area contributed by atoms with Crippen molar-refractivity contribution in [2.45, 2.75) is 6.61 Å². The minimum Gasteiger partial charge on any atom is -0.508 e. The van der Waals surface area contributed by atoms with Crippen molar-refractivity contribution in [3.8, 4) is 11.5 Å². The Labute approximate surface area is 105 Å². The van der Waals surface area contributed by atoms with E-state index in [1.165, 1.54) is 6.07 Å². The molecule has 0 spiro atoms. The van der Waals surface area contributed by atoms with Gasteiger partial charge in [0.15, 0.2) is 6.29 Å². The van der Waals surface area contributed by atoms with Crippen molar-refractivity contribution in [1.82, 2.24) is 0 Å². The van der Waals surface area contributed by atoms with Gasteiger partial charge in [-0.1, -0.05) is 30.3 Å². The Morgan fingerprint density at radius 1 is 0.889 bits per heavy atom. The smallest absolute Gasteiger partial charge is 0.153 e. The van der Waals surface area contributed by atoms with Gasteiger partial charge in [0.1, 0.15) is 11.5 Å². The summed E-state index contributed by atoms with van der Waals surface area (Å²) < 4.78 is 0. The molecule has 0 fully saturated rings. The minimum atomic E-state index is -0.104. The Kier molecular flexibility index (Phi) is 5.41. The highest BCUT2D eigenvalue weighted by Crippen LogP contribution is 2.14. The van der Waals surface area contributed by atoms with E-state index in [1.54, 1.807) is 42.5 Å². The molecule has 0 saturated heterocycles. The Hall–Kier alpha value is -2.33. The molecule has 2 rings (SSSR count). The molecule has 0 radical (unpaired) electrons. The van der Waals surface area contributed by atoms with Crippen LogP contribution in [-0.2, 0) is 6.61 Å². The van der Waals surface area contributed by atoms with E-state index in [0.717, 1.165) is 0 Å². The van der Waals surface area contributed by atoms with E-state index in [0.29, 0.717) is 17.4 Å². The van der Waals surface area contributed by atoms with Crippen LogP contribution in [0.25, 0.3) is 0 Å². The second kappa shape index (κ2) is 7.09. The predicted molar refractivity (Wildman–Crippen MR) is 67.5 cm³/mol. The van der Waals surface area contributed by atoms with Crippen molar-refractivity contribution in [3.05, 3.63) is 59.7 Å². The van der Waals surface area contributed by atoms with Crippen LogP contribution >= 0.6 is 0 Å². The number of phenols is 2. The van der Waals surface area contributed by atoms with Crippen molar-refractivity contribution in [3.63, 3.8) is 0 Å². The van der Waals surface area contributed by atoms with Gasteiger partial charge in [0.2, 0.25) is 0 Å². The molecule has 0 aromatic heterocycles. The van der Waals surface area contributed by atoms with Gasteiger partial charge in [-0.2, -0.15) is 0 Å². The van der Waals surface area contributed by atoms with Gasteiger partial charge in [0.25, 0.3) is 0 Å². The monoisotopic (exact) mass is 246 g/mol. The minimum absolute atomic E-state index is 0.0347. The Morgan fingerprint density at radius 2 is 1.44 bits per heavy atom. The summed E-state index contributed by atoms with van der Waals surface area (Å²) in [5.74, 6) is 0.188. The molecule has 0 amide bonds. The number of rotatable bonds is 2. The summed E-state index contributed by atoms with van der Waals surface area (Å²) in [5.41, 5.74) is 0.898. The van der Waals surface area contributed by atoms with E-state index in [-0.39, 0.29) is 18.1 Å². The van der Waals surface area contributed by atoms with Gasteiger partial charge >= 0.3 is 0 Å². The first-order valence-corrected chi connectivity index (χ1v) is 5.30. The third-order valence-electron chi connectivity index (χ3n) is 2.23. The molecule has 0 unspecified atom stereocenters. The van der Waals surface area contributed by atoms with Crippen LogP contribution in [0.4, 0.5) is 0 Å². The number of benzene rings is 2. The van der Waals surface area contributed by atoms with Crippen LogP contribution in [0.2, 0.25) is 0 Å². The number of phenolic OH excluding ortho intramolecular Hbond substituents is 1. The molecular weight excluding hydrogens is 232 g/mol. The molecule has 0 aliphatic carbocycles. The van der Waals surface area contributed by atoms with Crippen LogP contribution < -0.4 is 0 Å². The van der Waals surface area contributed by atoms with Gasteiger partial charge in [-0.25, -0.2) is 0 Å². The Morgan fingerprint density at radius 3 is 1.83 bits per heavy atom. The van der Waals surface area contributed by atoms with Gasteiger partial charge in [0, 0.05) is 5.56 Å². The van der Waals surface area contributed by atoms with Gasteiger partial charge < -0.3 is 15.3 Å². The number of aldehydes is 1. The predicted octanol–water partition coefficient (Wildman–Crippen LogP) is 2.09. The molecule has 2 aromatic rings. The highest BCUT2D eigenvalue weighted by Gasteiger charge is 1.94. The first-order valence-electron chi connectivity index (χ1n) is 5.30. The van der Waals surface area contributed by atoms with Crippen LogP contribution in [0, 0.1) is 0 Å². The Balaban J connectivity index is 0.000000180. The molecule has 0 saturated carbocycles. The first kappa shape index (κ1) is 13.7. The highest BCUT2D eigenvalue weighted by atomic mass is 16.3. The summed E-state index contributed by atoms with van der Waals surface area (Å²) in [4.78, 5) is 10.1. The largest absolute Gasteiger partial charge is 0.508 e. The quantitative estimate of drug-likeness (QED) is 0.709. The highest BCUT2D eigenvalue weighted by molar-refractivity contribution is 5.78. The van der Waals surface area contributed by atoms with Crippen molar-refractivity contribution in [1.29, 1.82) is 0 Å². The van der Waals surface area contributed by atoms with Crippen LogP contribution in [0.3, 0.4) is 0 Å². The van der Waals surface area contributed by atoms with E-state index in [1.807, 2.05) is 0 Å². The van der Waals surface area contributed by atoms with Crippen LogP contribution in [0.15, 0.2) is 48.5 Å². The number of carbonyl (C=O) groups excluding carboxylic acids is 1. The zero-order chi connectivity index (χ0) is 13.4. The first-order chi connectivity index (χ1) is 8.69. The molecule has 0 aliphatic rings. The lowest BCUT2D eigenvalue weighted by atomic mass is 10.2.